The highest BCUT2D eigenvalue weighted by molar-refractivity contribution is 7.98. The van der Waals surface area contributed by atoms with Crippen molar-refractivity contribution in [2.45, 2.75) is 24.6 Å². The van der Waals surface area contributed by atoms with Crippen LogP contribution in [0.25, 0.3) is 10.4 Å². The Balaban J connectivity index is 1.53. The van der Waals surface area contributed by atoms with E-state index < -0.39 is 0 Å². The summed E-state index contributed by atoms with van der Waals surface area (Å²) in [6.45, 7) is -0.0184. The summed E-state index contributed by atoms with van der Waals surface area (Å²) in [4.78, 5) is 32.6. The molecular weight excluding hydrogens is 368 g/mol. The standard InChI is InChI=1S/C19H16N2O3S2/c1-25-19-20-13(9-16(22)21-19)10-24-18(23)15-8-12-7-6-11-4-2-3-5-14(11)17(12)26-15/h2-5,8-9H,6-7,10H2,1H3,(H,20,21,22). The average Bonchev–Trinajstić information content (AvgIpc) is 3.10. The Morgan fingerprint density at radius 3 is 2.92 bits per heavy atom. The zero-order valence-electron chi connectivity index (χ0n) is 14.1. The molecule has 1 aliphatic rings. The van der Waals surface area contributed by atoms with Gasteiger partial charge in [0, 0.05) is 10.9 Å². The molecule has 0 saturated heterocycles. The molecule has 0 aliphatic heterocycles. The zero-order chi connectivity index (χ0) is 18.1. The topological polar surface area (TPSA) is 72.0 Å². The molecular formula is C19H16N2O3S2. The molecule has 0 saturated carbocycles. The molecule has 4 rings (SSSR count). The van der Waals surface area contributed by atoms with Gasteiger partial charge in [-0.15, -0.1) is 11.3 Å². The fourth-order valence-corrected chi connectivity index (χ4v) is 4.61. The van der Waals surface area contributed by atoms with Crippen LogP contribution in [0.15, 0.2) is 46.3 Å². The zero-order valence-corrected chi connectivity index (χ0v) is 15.7. The fraction of sp³-hybridized carbons (Fsp3) is 0.211. The van der Waals surface area contributed by atoms with Gasteiger partial charge in [0.05, 0.1) is 5.69 Å². The normalized spacial score (nSPS) is 12.3. The number of thioether (sulfide) groups is 1. The molecule has 0 fully saturated rings. The number of carbonyl (C=O) groups is 1. The molecule has 0 atom stereocenters. The molecule has 0 bridgehead atoms. The highest BCUT2D eigenvalue weighted by Crippen LogP contribution is 2.39. The molecule has 1 N–H and O–H groups in total. The monoisotopic (exact) mass is 384 g/mol. The van der Waals surface area contributed by atoms with Gasteiger partial charge in [-0.3, -0.25) is 4.79 Å². The van der Waals surface area contributed by atoms with Gasteiger partial charge in [0.25, 0.3) is 5.56 Å². The minimum Gasteiger partial charge on any atom is -0.455 e. The van der Waals surface area contributed by atoms with Gasteiger partial charge in [-0.25, -0.2) is 9.78 Å². The van der Waals surface area contributed by atoms with E-state index in [4.69, 9.17) is 4.74 Å². The molecule has 5 nitrogen and oxygen atoms in total. The van der Waals surface area contributed by atoms with Crippen LogP contribution < -0.4 is 5.56 Å². The second kappa shape index (κ2) is 7.09. The third-order valence-electron chi connectivity index (χ3n) is 4.25. The van der Waals surface area contributed by atoms with Gasteiger partial charge in [0.15, 0.2) is 5.16 Å². The molecule has 0 unspecified atom stereocenters. The van der Waals surface area contributed by atoms with Gasteiger partial charge in [-0.1, -0.05) is 36.0 Å². The first-order chi connectivity index (χ1) is 12.6. The number of thiophene rings is 1. The lowest BCUT2D eigenvalue weighted by Crippen LogP contribution is -2.12. The van der Waals surface area contributed by atoms with Crippen molar-refractivity contribution in [2.75, 3.05) is 6.26 Å². The Bertz CT molecular complexity index is 1040. The molecule has 26 heavy (non-hydrogen) atoms. The number of nitrogens with one attached hydrogen (secondary N) is 1. The molecule has 2 heterocycles. The number of esters is 1. The molecule has 7 heteroatoms. The summed E-state index contributed by atoms with van der Waals surface area (Å²) in [6.07, 6.45) is 3.74. The number of rotatable bonds is 4. The van der Waals surface area contributed by atoms with E-state index >= 15 is 0 Å². The van der Waals surface area contributed by atoms with Crippen molar-refractivity contribution in [3.8, 4) is 10.4 Å². The number of hydrogen-bond donors (Lipinski definition) is 1. The first kappa shape index (κ1) is 17.1. The van der Waals surface area contributed by atoms with E-state index in [0.717, 1.165) is 17.7 Å². The van der Waals surface area contributed by atoms with Gasteiger partial charge in [0.1, 0.15) is 11.5 Å². The van der Waals surface area contributed by atoms with Gasteiger partial charge >= 0.3 is 5.97 Å². The number of nitrogens with zero attached hydrogens (tertiary/aromatic N) is 1. The predicted molar refractivity (Wildman–Crippen MR) is 103 cm³/mol. The number of ether oxygens (including phenoxy) is 1. The summed E-state index contributed by atoms with van der Waals surface area (Å²) in [7, 11) is 0. The predicted octanol–water partition coefficient (Wildman–Crippen LogP) is 3.68. The van der Waals surface area contributed by atoms with Crippen LogP contribution in [-0.2, 0) is 24.2 Å². The van der Waals surface area contributed by atoms with Crippen LogP contribution in [0.4, 0.5) is 0 Å². The molecule has 1 aliphatic carbocycles. The first-order valence-corrected chi connectivity index (χ1v) is 10.2. The lowest BCUT2D eigenvalue weighted by molar-refractivity contribution is 0.0472. The maximum Gasteiger partial charge on any atom is 0.348 e. The Morgan fingerprint density at radius 1 is 1.27 bits per heavy atom. The minimum absolute atomic E-state index is 0.0184. The number of aromatic amines is 1. The van der Waals surface area contributed by atoms with Crippen molar-refractivity contribution in [2.24, 2.45) is 0 Å². The van der Waals surface area contributed by atoms with Crippen molar-refractivity contribution in [1.82, 2.24) is 9.97 Å². The lowest BCUT2D eigenvalue weighted by Gasteiger charge is -2.15. The van der Waals surface area contributed by atoms with Crippen LogP contribution in [0.1, 0.15) is 26.5 Å². The summed E-state index contributed by atoms with van der Waals surface area (Å²) >= 11 is 2.80. The molecule has 3 aromatic rings. The summed E-state index contributed by atoms with van der Waals surface area (Å²) in [5.74, 6) is -0.380. The van der Waals surface area contributed by atoms with Crippen molar-refractivity contribution in [3.05, 3.63) is 68.4 Å². The van der Waals surface area contributed by atoms with E-state index in [1.807, 2.05) is 24.5 Å². The maximum atomic E-state index is 12.5. The van der Waals surface area contributed by atoms with Crippen LogP contribution in [0.3, 0.4) is 0 Å². The molecule has 2 aromatic heterocycles. The average molecular weight is 384 g/mol. The van der Waals surface area contributed by atoms with Gasteiger partial charge < -0.3 is 9.72 Å². The van der Waals surface area contributed by atoms with E-state index in [9.17, 15) is 9.59 Å². The number of benzene rings is 1. The molecule has 0 spiro atoms. The second-order valence-corrected chi connectivity index (χ2v) is 7.79. The van der Waals surface area contributed by atoms with E-state index in [-0.39, 0.29) is 18.1 Å². The van der Waals surface area contributed by atoms with Crippen molar-refractivity contribution in [3.63, 3.8) is 0 Å². The smallest absolute Gasteiger partial charge is 0.348 e. The van der Waals surface area contributed by atoms with Gasteiger partial charge in [-0.05, 0) is 41.9 Å². The second-order valence-electron chi connectivity index (χ2n) is 5.94. The number of hydrogen-bond acceptors (Lipinski definition) is 6. The third kappa shape index (κ3) is 3.32. The highest BCUT2D eigenvalue weighted by Gasteiger charge is 2.22. The van der Waals surface area contributed by atoms with Gasteiger partial charge in [-0.2, -0.15) is 0 Å². The third-order valence-corrected chi connectivity index (χ3v) is 6.02. The van der Waals surface area contributed by atoms with Crippen LogP contribution >= 0.6 is 23.1 Å². The number of aromatic nitrogens is 2. The minimum atomic E-state index is -0.380. The summed E-state index contributed by atoms with van der Waals surface area (Å²) < 4.78 is 5.38. The quantitative estimate of drug-likeness (QED) is 0.422. The van der Waals surface area contributed by atoms with Crippen LogP contribution in [-0.4, -0.2) is 22.2 Å². The highest BCUT2D eigenvalue weighted by atomic mass is 32.2. The first-order valence-electron chi connectivity index (χ1n) is 8.16. The Kier molecular flexibility index (Phi) is 4.65. The SMILES string of the molecule is CSc1nc(COC(=O)c2cc3c(s2)-c2ccccc2CC3)cc(=O)[nH]1. The number of fused-ring (bicyclic) bond motifs is 3. The lowest BCUT2D eigenvalue weighted by atomic mass is 9.91. The van der Waals surface area contributed by atoms with Crippen LogP contribution in [0.5, 0.6) is 0 Å². The van der Waals surface area contributed by atoms with Crippen LogP contribution in [0.2, 0.25) is 0 Å². The largest absolute Gasteiger partial charge is 0.455 e. The number of carbonyl (C=O) groups excluding carboxylic acids is 1. The summed E-state index contributed by atoms with van der Waals surface area (Å²) in [5, 5.41) is 0.506. The van der Waals surface area contributed by atoms with E-state index in [1.165, 1.54) is 45.9 Å². The van der Waals surface area contributed by atoms with E-state index in [0.29, 0.717) is 15.7 Å². The Labute approximate surface area is 158 Å². The van der Waals surface area contributed by atoms with Crippen LogP contribution in [0, 0.1) is 0 Å². The van der Waals surface area contributed by atoms with Crippen molar-refractivity contribution >= 4 is 29.1 Å². The maximum absolute atomic E-state index is 12.5. The summed E-state index contributed by atoms with van der Waals surface area (Å²) in [6, 6.07) is 11.6. The molecule has 0 amide bonds. The molecule has 1 aromatic carbocycles. The Morgan fingerprint density at radius 2 is 2.08 bits per heavy atom. The van der Waals surface area contributed by atoms with Crippen molar-refractivity contribution < 1.29 is 9.53 Å². The molecule has 132 valence electrons. The molecule has 0 radical (unpaired) electrons. The van der Waals surface area contributed by atoms with E-state index in [2.05, 4.69) is 22.1 Å². The van der Waals surface area contributed by atoms with Gasteiger partial charge in [0.2, 0.25) is 0 Å². The Hall–Kier alpha value is -2.38. The fourth-order valence-electron chi connectivity index (χ4n) is 3.04. The van der Waals surface area contributed by atoms with Crippen molar-refractivity contribution in [1.29, 1.82) is 0 Å². The van der Waals surface area contributed by atoms with E-state index in [1.54, 1.807) is 0 Å². The number of H-pyrrole nitrogens is 1. The summed E-state index contributed by atoms with van der Waals surface area (Å²) in [5.41, 5.74) is 3.91. The number of aryl methyl sites for hydroxylation is 2.